The Kier molecular flexibility index (Phi) is 3.89. The van der Waals surface area contributed by atoms with Gasteiger partial charge in [0.05, 0.1) is 25.2 Å². The fourth-order valence-electron chi connectivity index (χ4n) is 2.87. The van der Waals surface area contributed by atoms with Gasteiger partial charge in [-0.3, -0.25) is 9.59 Å². The molecule has 0 bridgehead atoms. The Bertz CT molecular complexity index is 967. The second kappa shape index (κ2) is 5.88. The normalized spacial score (nSPS) is 11.0. The molecule has 0 radical (unpaired) electrons. The quantitative estimate of drug-likeness (QED) is 0.584. The molecule has 0 fully saturated rings. The Labute approximate surface area is 137 Å². The maximum absolute atomic E-state index is 12.1. The van der Waals surface area contributed by atoms with Crippen LogP contribution in [0.2, 0.25) is 0 Å². The highest BCUT2D eigenvalue weighted by Crippen LogP contribution is 2.43. The number of aromatic hydroxyl groups is 1. The van der Waals surface area contributed by atoms with Crippen molar-refractivity contribution in [1.82, 2.24) is 0 Å². The number of ketones is 1. The molecule has 6 heteroatoms. The SMILES string of the molecule is COC(=O)Cc1cc2c(C(C)=O)c(O)c3c(OC)cccc3c2o1. The van der Waals surface area contributed by atoms with Crippen molar-refractivity contribution in [2.45, 2.75) is 13.3 Å². The van der Waals surface area contributed by atoms with E-state index in [1.807, 2.05) is 0 Å². The third-order valence-corrected chi connectivity index (χ3v) is 3.92. The van der Waals surface area contributed by atoms with Gasteiger partial charge in [0.25, 0.3) is 0 Å². The van der Waals surface area contributed by atoms with E-state index in [0.717, 1.165) is 0 Å². The van der Waals surface area contributed by atoms with Crippen LogP contribution in [-0.4, -0.2) is 31.1 Å². The zero-order valence-corrected chi connectivity index (χ0v) is 13.5. The van der Waals surface area contributed by atoms with Crippen molar-refractivity contribution in [2.24, 2.45) is 0 Å². The van der Waals surface area contributed by atoms with Gasteiger partial charge in [0.2, 0.25) is 0 Å². The zero-order valence-electron chi connectivity index (χ0n) is 13.5. The van der Waals surface area contributed by atoms with Crippen LogP contribution < -0.4 is 4.74 Å². The molecule has 0 aliphatic heterocycles. The van der Waals surface area contributed by atoms with Gasteiger partial charge in [-0.1, -0.05) is 12.1 Å². The van der Waals surface area contributed by atoms with E-state index in [9.17, 15) is 14.7 Å². The number of furan rings is 1. The Morgan fingerprint density at radius 2 is 1.96 bits per heavy atom. The van der Waals surface area contributed by atoms with Crippen molar-refractivity contribution in [3.63, 3.8) is 0 Å². The molecule has 6 nitrogen and oxygen atoms in total. The highest BCUT2D eigenvalue weighted by atomic mass is 16.5. The molecule has 0 spiro atoms. The van der Waals surface area contributed by atoms with E-state index in [1.165, 1.54) is 21.1 Å². The summed E-state index contributed by atoms with van der Waals surface area (Å²) in [6, 6.07) is 6.79. The topological polar surface area (TPSA) is 86.0 Å². The summed E-state index contributed by atoms with van der Waals surface area (Å²) >= 11 is 0. The van der Waals surface area contributed by atoms with Crippen molar-refractivity contribution < 1.29 is 28.6 Å². The second-order valence-electron chi connectivity index (χ2n) is 5.37. The summed E-state index contributed by atoms with van der Waals surface area (Å²) in [7, 11) is 2.77. The summed E-state index contributed by atoms with van der Waals surface area (Å²) in [5.74, 6) is -0.137. The second-order valence-corrected chi connectivity index (χ2v) is 5.37. The van der Waals surface area contributed by atoms with Crippen LogP contribution in [0.3, 0.4) is 0 Å². The first-order valence-corrected chi connectivity index (χ1v) is 7.29. The number of benzene rings is 2. The van der Waals surface area contributed by atoms with E-state index in [0.29, 0.717) is 33.3 Å². The largest absolute Gasteiger partial charge is 0.506 e. The van der Waals surface area contributed by atoms with Gasteiger partial charge < -0.3 is 19.0 Å². The molecule has 24 heavy (non-hydrogen) atoms. The van der Waals surface area contributed by atoms with Crippen molar-refractivity contribution >= 4 is 33.5 Å². The van der Waals surface area contributed by atoms with E-state index in [-0.39, 0.29) is 23.5 Å². The number of phenols is 1. The number of carbonyl (C=O) groups is 2. The Morgan fingerprint density at radius 1 is 1.21 bits per heavy atom. The predicted octanol–water partition coefficient (Wildman–Crippen LogP) is 3.22. The standard InChI is InChI=1S/C18H16O6/c1-9(19)15-12-7-10(8-14(20)23-3)24-18(12)11-5-4-6-13(22-2)16(11)17(15)21/h4-7,21H,8H2,1-3H3. The molecule has 3 aromatic rings. The number of hydrogen-bond acceptors (Lipinski definition) is 6. The lowest BCUT2D eigenvalue weighted by Gasteiger charge is -2.11. The number of esters is 1. The van der Waals surface area contributed by atoms with Gasteiger partial charge in [-0.05, 0) is 19.1 Å². The first kappa shape index (κ1) is 15.9. The number of ether oxygens (including phenoxy) is 2. The molecule has 1 N–H and O–H groups in total. The molecule has 0 aliphatic carbocycles. The molecule has 2 aromatic carbocycles. The van der Waals surface area contributed by atoms with E-state index in [2.05, 4.69) is 4.74 Å². The monoisotopic (exact) mass is 328 g/mol. The average Bonchev–Trinajstić information content (AvgIpc) is 2.97. The van der Waals surface area contributed by atoms with Gasteiger partial charge in [-0.15, -0.1) is 0 Å². The predicted molar refractivity (Wildman–Crippen MR) is 87.7 cm³/mol. The Hall–Kier alpha value is -3.02. The molecule has 0 amide bonds. The van der Waals surface area contributed by atoms with Crippen LogP contribution in [0, 0.1) is 0 Å². The van der Waals surface area contributed by atoms with E-state index < -0.39 is 5.97 Å². The van der Waals surface area contributed by atoms with Crippen LogP contribution in [0.15, 0.2) is 28.7 Å². The van der Waals surface area contributed by atoms with Gasteiger partial charge in [0, 0.05) is 10.8 Å². The summed E-state index contributed by atoms with van der Waals surface area (Å²) in [6.07, 6.45) is -0.0608. The molecule has 0 atom stereocenters. The minimum atomic E-state index is -0.454. The first-order valence-electron chi connectivity index (χ1n) is 7.29. The average molecular weight is 328 g/mol. The smallest absolute Gasteiger partial charge is 0.313 e. The highest BCUT2D eigenvalue weighted by Gasteiger charge is 2.23. The molecular weight excluding hydrogens is 312 g/mol. The van der Waals surface area contributed by atoms with Crippen LogP contribution in [-0.2, 0) is 16.0 Å². The number of rotatable bonds is 4. The van der Waals surface area contributed by atoms with Crippen LogP contribution in [0.5, 0.6) is 11.5 Å². The lowest BCUT2D eigenvalue weighted by atomic mass is 9.98. The third kappa shape index (κ3) is 2.36. The fourth-order valence-corrected chi connectivity index (χ4v) is 2.87. The number of carbonyl (C=O) groups excluding carboxylic acids is 2. The van der Waals surface area contributed by atoms with Crippen molar-refractivity contribution in [3.8, 4) is 11.5 Å². The van der Waals surface area contributed by atoms with Crippen molar-refractivity contribution in [3.05, 3.63) is 35.6 Å². The Balaban J connectivity index is 2.42. The lowest BCUT2D eigenvalue weighted by Crippen LogP contribution is -2.03. The van der Waals surface area contributed by atoms with E-state index in [1.54, 1.807) is 24.3 Å². The summed E-state index contributed by atoms with van der Waals surface area (Å²) in [6.45, 7) is 1.36. The summed E-state index contributed by atoms with van der Waals surface area (Å²) in [5, 5.41) is 12.1. The maximum Gasteiger partial charge on any atom is 0.313 e. The van der Waals surface area contributed by atoms with Gasteiger partial charge in [-0.25, -0.2) is 0 Å². The minimum Gasteiger partial charge on any atom is -0.506 e. The molecule has 0 aliphatic rings. The molecule has 3 rings (SSSR count). The first-order chi connectivity index (χ1) is 11.5. The molecule has 0 saturated heterocycles. The number of Topliss-reactive ketones (excluding diaryl/α,β-unsaturated/α-hetero) is 1. The van der Waals surface area contributed by atoms with Gasteiger partial charge in [0.1, 0.15) is 29.3 Å². The zero-order chi connectivity index (χ0) is 17.4. The maximum atomic E-state index is 12.1. The fraction of sp³-hybridized carbons (Fsp3) is 0.222. The van der Waals surface area contributed by atoms with Gasteiger partial charge in [0.15, 0.2) is 5.78 Å². The van der Waals surface area contributed by atoms with Crippen LogP contribution in [0.4, 0.5) is 0 Å². The number of hydrogen-bond donors (Lipinski definition) is 1. The minimum absolute atomic E-state index is 0.0608. The lowest BCUT2D eigenvalue weighted by molar-refractivity contribution is -0.140. The molecular formula is C18H16O6. The number of fused-ring (bicyclic) bond motifs is 3. The summed E-state index contributed by atoms with van der Waals surface area (Å²) in [4.78, 5) is 23.6. The summed E-state index contributed by atoms with van der Waals surface area (Å²) < 4.78 is 15.7. The summed E-state index contributed by atoms with van der Waals surface area (Å²) in [5.41, 5.74) is 0.563. The Morgan fingerprint density at radius 3 is 2.58 bits per heavy atom. The van der Waals surface area contributed by atoms with Gasteiger partial charge in [-0.2, -0.15) is 0 Å². The molecule has 1 heterocycles. The van der Waals surface area contributed by atoms with E-state index in [4.69, 9.17) is 9.15 Å². The van der Waals surface area contributed by atoms with Crippen LogP contribution in [0.25, 0.3) is 21.7 Å². The number of methoxy groups -OCH3 is 2. The molecule has 124 valence electrons. The van der Waals surface area contributed by atoms with Gasteiger partial charge >= 0.3 is 5.97 Å². The molecule has 0 unspecified atom stereocenters. The molecule has 1 aromatic heterocycles. The molecule has 0 saturated carbocycles. The van der Waals surface area contributed by atoms with Crippen LogP contribution in [0.1, 0.15) is 23.0 Å². The highest BCUT2D eigenvalue weighted by molar-refractivity contribution is 6.20. The van der Waals surface area contributed by atoms with Crippen LogP contribution >= 0.6 is 0 Å². The van der Waals surface area contributed by atoms with Crippen molar-refractivity contribution in [1.29, 1.82) is 0 Å². The van der Waals surface area contributed by atoms with E-state index >= 15 is 0 Å². The third-order valence-electron chi connectivity index (χ3n) is 3.92. The van der Waals surface area contributed by atoms with Crippen molar-refractivity contribution in [2.75, 3.05) is 14.2 Å². The number of phenolic OH excluding ortho intramolecular Hbond substituents is 1.